The number of aromatic nitrogens is 3. The van der Waals surface area contributed by atoms with Gasteiger partial charge in [-0.2, -0.15) is 5.26 Å². The second-order valence-electron chi connectivity index (χ2n) is 9.39. The number of pyridine rings is 1. The highest BCUT2D eigenvalue weighted by Crippen LogP contribution is 2.23. The molecule has 2 aromatic heterocycles. The molecule has 0 saturated carbocycles. The number of imidazole rings is 1. The van der Waals surface area contributed by atoms with E-state index in [4.69, 9.17) is 24.5 Å². The highest BCUT2D eigenvalue weighted by molar-refractivity contribution is 5.93. The van der Waals surface area contributed by atoms with E-state index < -0.39 is 5.82 Å². The van der Waals surface area contributed by atoms with E-state index in [0.717, 1.165) is 48.9 Å². The number of fused-ring (bicyclic) bond motifs is 1. The van der Waals surface area contributed by atoms with Crippen LogP contribution in [0.15, 0.2) is 54.6 Å². The molecule has 5 rings (SSSR count). The molecular weight excluding hydrogens is 501 g/mol. The second kappa shape index (κ2) is 11.5. The summed E-state index contributed by atoms with van der Waals surface area (Å²) in [6, 6.07) is 16.8. The van der Waals surface area contributed by atoms with Gasteiger partial charge in [0.1, 0.15) is 18.5 Å². The van der Waals surface area contributed by atoms with E-state index in [2.05, 4.69) is 9.88 Å². The van der Waals surface area contributed by atoms with E-state index in [-0.39, 0.29) is 30.0 Å². The van der Waals surface area contributed by atoms with Crippen LogP contribution in [0.2, 0.25) is 0 Å². The second-order valence-corrected chi connectivity index (χ2v) is 9.39. The maximum absolute atomic E-state index is 14.1. The van der Waals surface area contributed by atoms with Crippen LogP contribution >= 0.6 is 0 Å². The lowest BCUT2D eigenvalue weighted by Gasteiger charge is -2.31. The van der Waals surface area contributed by atoms with Crippen molar-refractivity contribution in [3.63, 3.8) is 0 Å². The molecule has 1 aliphatic rings. The zero-order valence-corrected chi connectivity index (χ0v) is 21.8. The Morgan fingerprint density at radius 1 is 1.13 bits per heavy atom. The minimum absolute atomic E-state index is 0.0314. The van der Waals surface area contributed by atoms with Crippen LogP contribution in [0.1, 0.15) is 40.3 Å². The summed E-state index contributed by atoms with van der Waals surface area (Å²) in [5, 5.41) is 8.88. The molecule has 0 unspecified atom stereocenters. The van der Waals surface area contributed by atoms with Crippen LogP contribution < -0.4 is 9.47 Å². The fourth-order valence-corrected chi connectivity index (χ4v) is 4.62. The van der Waals surface area contributed by atoms with E-state index in [1.165, 1.54) is 19.2 Å². The Balaban J connectivity index is 1.14. The van der Waals surface area contributed by atoms with Crippen molar-refractivity contribution >= 4 is 17.0 Å². The predicted octanol–water partition coefficient (Wildman–Crippen LogP) is 4.39. The quantitative estimate of drug-likeness (QED) is 0.310. The number of esters is 1. The van der Waals surface area contributed by atoms with Crippen molar-refractivity contribution in [3.8, 4) is 17.7 Å². The molecule has 0 aliphatic carbocycles. The van der Waals surface area contributed by atoms with Gasteiger partial charge in [-0.3, -0.25) is 4.90 Å². The lowest BCUT2D eigenvalue weighted by molar-refractivity contribution is 0.0601. The van der Waals surface area contributed by atoms with Gasteiger partial charge in [-0.1, -0.05) is 6.07 Å². The SMILES string of the molecule is COC(=O)c1ccc2nc(CN3CCC(Oc4cccc(COc5ccc(C#N)cc5F)n4)CC3)n(C)c2c1. The Morgan fingerprint density at radius 3 is 2.69 bits per heavy atom. The molecule has 4 aromatic rings. The standard InChI is InChI=1S/C29H28FN5O4/c1-34-25-15-20(29(36)37-2)7-8-24(25)33-27(34)17-35-12-10-22(11-13-35)39-28-5-3-4-21(32-28)18-38-26-9-6-19(16-31)14-23(26)30/h3-9,14-15,22H,10-13,17-18H2,1-2H3. The third-order valence-electron chi connectivity index (χ3n) is 6.80. The summed E-state index contributed by atoms with van der Waals surface area (Å²) in [6.07, 6.45) is 1.72. The number of aryl methyl sites for hydroxylation is 1. The van der Waals surface area contributed by atoms with Crippen molar-refractivity contribution in [1.82, 2.24) is 19.4 Å². The number of nitrogens with zero attached hydrogens (tertiary/aromatic N) is 5. The van der Waals surface area contributed by atoms with Crippen molar-refractivity contribution in [2.45, 2.75) is 32.1 Å². The molecule has 0 bridgehead atoms. The number of piperidine rings is 1. The third kappa shape index (κ3) is 5.99. The maximum Gasteiger partial charge on any atom is 0.337 e. The molecule has 0 atom stereocenters. The number of halogens is 1. The van der Waals surface area contributed by atoms with Crippen LogP contribution in [0, 0.1) is 17.1 Å². The molecule has 3 heterocycles. The van der Waals surface area contributed by atoms with Crippen molar-refractivity contribution in [3.05, 3.63) is 83.1 Å². The maximum atomic E-state index is 14.1. The summed E-state index contributed by atoms with van der Waals surface area (Å²) >= 11 is 0. The Labute approximate surface area is 225 Å². The molecular formula is C29H28FN5O4. The minimum Gasteiger partial charge on any atom is -0.484 e. The van der Waals surface area contributed by atoms with Crippen LogP contribution in [-0.2, 0) is 24.9 Å². The Morgan fingerprint density at radius 2 is 1.95 bits per heavy atom. The van der Waals surface area contributed by atoms with E-state index >= 15 is 0 Å². The van der Waals surface area contributed by atoms with Crippen molar-refractivity contribution < 1.29 is 23.4 Å². The van der Waals surface area contributed by atoms with Gasteiger partial charge in [0, 0.05) is 26.2 Å². The van der Waals surface area contributed by atoms with Crippen LogP contribution in [0.25, 0.3) is 11.0 Å². The van der Waals surface area contributed by atoms with Gasteiger partial charge >= 0.3 is 5.97 Å². The van der Waals surface area contributed by atoms with Gasteiger partial charge in [-0.15, -0.1) is 0 Å². The molecule has 10 heteroatoms. The number of carbonyl (C=O) groups is 1. The average molecular weight is 530 g/mol. The van der Waals surface area contributed by atoms with Gasteiger partial charge in [0.25, 0.3) is 0 Å². The van der Waals surface area contributed by atoms with Crippen LogP contribution in [-0.4, -0.2) is 51.7 Å². The summed E-state index contributed by atoms with van der Waals surface area (Å²) in [4.78, 5) is 23.5. The summed E-state index contributed by atoms with van der Waals surface area (Å²) in [5.41, 5.74) is 3.09. The molecule has 39 heavy (non-hydrogen) atoms. The average Bonchev–Trinajstić information content (AvgIpc) is 3.27. The first-order valence-electron chi connectivity index (χ1n) is 12.6. The van der Waals surface area contributed by atoms with Gasteiger partial charge in [0.2, 0.25) is 5.88 Å². The van der Waals surface area contributed by atoms with Gasteiger partial charge in [0.15, 0.2) is 11.6 Å². The number of rotatable bonds is 8. The normalized spacial score (nSPS) is 14.2. The number of likely N-dealkylation sites (tertiary alicyclic amines) is 1. The number of carbonyl (C=O) groups excluding carboxylic acids is 1. The Bertz CT molecular complexity index is 1540. The third-order valence-corrected chi connectivity index (χ3v) is 6.80. The molecule has 1 saturated heterocycles. The van der Waals surface area contributed by atoms with Gasteiger partial charge in [-0.25, -0.2) is 19.2 Å². The molecule has 0 amide bonds. The predicted molar refractivity (Wildman–Crippen MR) is 141 cm³/mol. The Kier molecular flexibility index (Phi) is 7.70. The molecule has 1 fully saturated rings. The van der Waals surface area contributed by atoms with Crippen LogP contribution in [0.5, 0.6) is 11.6 Å². The Hall–Kier alpha value is -4.49. The highest BCUT2D eigenvalue weighted by Gasteiger charge is 2.23. The highest BCUT2D eigenvalue weighted by atomic mass is 19.1. The molecule has 0 N–H and O–H groups in total. The molecule has 2 aromatic carbocycles. The van der Waals surface area contributed by atoms with Crippen molar-refractivity contribution in [2.75, 3.05) is 20.2 Å². The van der Waals surface area contributed by atoms with Crippen LogP contribution in [0.4, 0.5) is 4.39 Å². The lowest BCUT2D eigenvalue weighted by Crippen LogP contribution is -2.38. The van der Waals surface area contributed by atoms with Gasteiger partial charge < -0.3 is 18.8 Å². The zero-order valence-electron chi connectivity index (χ0n) is 21.8. The van der Waals surface area contributed by atoms with E-state index in [1.807, 2.05) is 35.9 Å². The first-order valence-corrected chi connectivity index (χ1v) is 12.6. The first-order chi connectivity index (χ1) is 18.9. The van der Waals surface area contributed by atoms with Crippen LogP contribution in [0.3, 0.4) is 0 Å². The topological polar surface area (TPSA) is 102 Å². The number of methoxy groups -OCH3 is 1. The summed E-state index contributed by atoms with van der Waals surface area (Å²) in [6.45, 7) is 2.48. The number of hydrogen-bond acceptors (Lipinski definition) is 8. The molecule has 0 spiro atoms. The van der Waals surface area contributed by atoms with Crippen molar-refractivity contribution in [1.29, 1.82) is 5.26 Å². The van der Waals surface area contributed by atoms with Gasteiger partial charge in [-0.05, 0) is 55.3 Å². The number of benzene rings is 2. The minimum atomic E-state index is -0.585. The number of ether oxygens (including phenoxy) is 3. The van der Waals surface area contributed by atoms with Crippen molar-refractivity contribution in [2.24, 2.45) is 7.05 Å². The molecule has 9 nitrogen and oxygen atoms in total. The fourth-order valence-electron chi connectivity index (χ4n) is 4.62. The molecule has 0 radical (unpaired) electrons. The smallest absolute Gasteiger partial charge is 0.337 e. The fraction of sp³-hybridized carbons (Fsp3) is 0.310. The lowest BCUT2D eigenvalue weighted by atomic mass is 10.1. The van der Waals surface area contributed by atoms with E-state index in [9.17, 15) is 9.18 Å². The number of hydrogen-bond donors (Lipinski definition) is 0. The summed E-state index contributed by atoms with van der Waals surface area (Å²) in [5.74, 6) is 0.553. The monoisotopic (exact) mass is 529 g/mol. The van der Waals surface area contributed by atoms with Gasteiger partial charge in [0.05, 0.1) is 47.6 Å². The number of nitriles is 1. The van der Waals surface area contributed by atoms with E-state index in [1.54, 1.807) is 18.2 Å². The zero-order chi connectivity index (χ0) is 27.4. The first kappa shape index (κ1) is 26.1. The summed E-state index contributed by atoms with van der Waals surface area (Å²) in [7, 11) is 3.33. The van der Waals surface area contributed by atoms with E-state index in [0.29, 0.717) is 23.7 Å². The molecule has 1 aliphatic heterocycles. The molecule has 200 valence electrons. The largest absolute Gasteiger partial charge is 0.484 e. The summed E-state index contributed by atoms with van der Waals surface area (Å²) < 4.78 is 32.6.